The second kappa shape index (κ2) is 6.08. The Morgan fingerprint density at radius 3 is 2.94 bits per heavy atom. The average Bonchev–Trinajstić information content (AvgIpc) is 2.75. The molecule has 0 aromatic heterocycles. The topological polar surface area (TPSA) is 12.0 Å². The van der Waals surface area contributed by atoms with Gasteiger partial charge in [-0.3, -0.25) is 0 Å². The highest BCUT2D eigenvalue weighted by Gasteiger charge is 2.25. The second-order valence-corrected chi connectivity index (χ2v) is 6.22. The Bertz CT molecular complexity index is 342. The van der Waals surface area contributed by atoms with Crippen LogP contribution in [0.3, 0.4) is 0 Å². The number of thioether (sulfide) groups is 1. The molecule has 1 aliphatic rings. The standard InChI is InChI=1S/C13H18BrNS/c1-16-13-8-4-7-12(13)15-9-10-5-2-3-6-11(10)14/h2-3,5-6,12-13,15H,4,7-9H2,1H3. The largest absolute Gasteiger partial charge is 0.309 e. The number of hydrogen-bond acceptors (Lipinski definition) is 2. The van der Waals surface area contributed by atoms with E-state index in [-0.39, 0.29) is 0 Å². The molecule has 0 bridgehead atoms. The van der Waals surface area contributed by atoms with Gasteiger partial charge in [0.15, 0.2) is 0 Å². The van der Waals surface area contributed by atoms with Gasteiger partial charge < -0.3 is 5.32 Å². The van der Waals surface area contributed by atoms with E-state index in [0.717, 1.165) is 11.8 Å². The fourth-order valence-electron chi connectivity index (χ4n) is 2.32. The number of halogens is 1. The number of rotatable bonds is 4. The molecule has 0 amide bonds. The van der Waals surface area contributed by atoms with Crippen LogP contribution >= 0.6 is 27.7 Å². The second-order valence-electron chi connectivity index (χ2n) is 4.28. The summed E-state index contributed by atoms with van der Waals surface area (Å²) in [5.74, 6) is 0. The van der Waals surface area contributed by atoms with Gasteiger partial charge in [-0.2, -0.15) is 11.8 Å². The Morgan fingerprint density at radius 2 is 2.19 bits per heavy atom. The fourth-order valence-corrected chi connectivity index (χ4v) is 3.71. The average molecular weight is 300 g/mol. The molecule has 1 nitrogen and oxygen atoms in total. The summed E-state index contributed by atoms with van der Waals surface area (Å²) in [6.07, 6.45) is 6.30. The zero-order valence-corrected chi connectivity index (χ0v) is 12.0. The van der Waals surface area contributed by atoms with Crippen molar-refractivity contribution in [2.75, 3.05) is 6.26 Å². The number of benzene rings is 1. The van der Waals surface area contributed by atoms with Crippen molar-refractivity contribution < 1.29 is 0 Å². The summed E-state index contributed by atoms with van der Waals surface area (Å²) >= 11 is 5.60. The molecule has 2 rings (SSSR count). The lowest BCUT2D eigenvalue weighted by molar-refractivity contribution is 0.531. The molecule has 1 fully saturated rings. The van der Waals surface area contributed by atoms with E-state index in [9.17, 15) is 0 Å². The van der Waals surface area contributed by atoms with Crippen molar-refractivity contribution in [2.24, 2.45) is 0 Å². The minimum atomic E-state index is 0.696. The molecule has 1 aliphatic carbocycles. The molecular formula is C13H18BrNS. The molecule has 88 valence electrons. The molecule has 1 N–H and O–H groups in total. The third kappa shape index (κ3) is 3.02. The summed E-state index contributed by atoms with van der Waals surface area (Å²) in [6, 6.07) is 9.15. The summed E-state index contributed by atoms with van der Waals surface area (Å²) in [4.78, 5) is 0. The fraction of sp³-hybridized carbons (Fsp3) is 0.538. The third-order valence-electron chi connectivity index (χ3n) is 3.27. The monoisotopic (exact) mass is 299 g/mol. The van der Waals surface area contributed by atoms with Crippen LogP contribution in [0.1, 0.15) is 24.8 Å². The van der Waals surface area contributed by atoms with Crippen LogP contribution in [-0.2, 0) is 6.54 Å². The molecule has 2 unspecified atom stereocenters. The first kappa shape index (κ1) is 12.5. The maximum absolute atomic E-state index is 3.69. The maximum atomic E-state index is 3.69. The van der Waals surface area contributed by atoms with Crippen LogP contribution in [0.2, 0.25) is 0 Å². The van der Waals surface area contributed by atoms with Crippen LogP contribution in [0.4, 0.5) is 0 Å². The Kier molecular flexibility index (Phi) is 4.74. The predicted octanol–water partition coefficient (Wildman–Crippen LogP) is 3.82. The smallest absolute Gasteiger partial charge is 0.0220 e. The highest BCUT2D eigenvalue weighted by Crippen LogP contribution is 2.28. The first-order chi connectivity index (χ1) is 7.81. The van der Waals surface area contributed by atoms with Gasteiger partial charge in [0.05, 0.1) is 0 Å². The van der Waals surface area contributed by atoms with Crippen molar-refractivity contribution in [2.45, 2.75) is 37.1 Å². The SMILES string of the molecule is CSC1CCCC1NCc1ccccc1Br. The zero-order chi connectivity index (χ0) is 11.4. The van der Waals surface area contributed by atoms with Crippen LogP contribution in [0, 0.1) is 0 Å². The van der Waals surface area contributed by atoms with Crippen molar-refractivity contribution in [3.63, 3.8) is 0 Å². The Hall–Kier alpha value is 0.01000. The van der Waals surface area contributed by atoms with E-state index < -0.39 is 0 Å². The van der Waals surface area contributed by atoms with Gasteiger partial charge >= 0.3 is 0 Å². The Labute approximate surface area is 111 Å². The van der Waals surface area contributed by atoms with E-state index in [2.05, 4.69) is 51.8 Å². The normalized spacial score (nSPS) is 24.9. The van der Waals surface area contributed by atoms with Crippen LogP contribution in [0.5, 0.6) is 0 Å². The summed E-state index contributed by atoms with van der Waals surface area (Å²) < 4.78 is 1.21. The van der Waals surface area contributed by atoms with Crippen molar-refractivity contribution >= 4 is 27.7 Å². The lowest BCUT2D eigenvalue weighted by Crippen LogP contribution is -2.33. The van der Waals surface area contributed by atoms with Crippen molar-refractivity contribution in [3.05, 3.63) is 34.3 Å². The van der Waals surface area contributed by atoms with E-state index in [4.69, 9.17) is 0 Å². The molecule has 0 heterocycles. The van der Waals surface area contributed by atoms with Crippen molar-refractivity contribution in [3.8, 4) is 0 Å². The first-order valence-electron chi connectivity index (χ1n) is 5.81. The Morgan fingerprint density at radius 1 is 1.38 bits per heavy atom. The summed E-state index contributed by atoms with van der Waals surface area (Å²) in [7, 11) is 0. The maximum Gasteiger partial charge on any atom is 0.0220 e. The molecule has 1 aromatic carbocycles. The third-order valence-corrected chi connectivity index (χ3v) is 5.21. The van der Waals surface area contributed by atoms with Gasteiger partial charge in [-0.1, -0.05) is 40.5 Å². The Balaban J connectivity index is 1.90. The number of nitrogens with one attached hydrogen (secondary N) is 1. The van der Waals surface area contributed by atoms with Crippen LogP contribution in [-0.4, -0.2) is 17.5 Å². The van der Waals surface area contributed by atoms with E-state index >= 15 is 0 Å². The summed E-state index contributed by atoms with van der Waals surface area (Å²) in [6.45, 7) is 0.975. The summed E-state index contributed by atoms with van der Waals surface area (Å²) in [5.41, 5.74) is 1.36. The molecule has 1 saturated carbocycles. The van der Waals surface area contributed by atoms with Crippen molar-refractivity contribution in [1.29, 1.82) is 0 Å². The van der Waals surface area contributed by atoms with Gasteiger partial charge in [0.25, 0.3) is 0 Å². The minimum Gasteiger partial charge on any atom is -0.309 e. The van der Waals surface area contributed by atoms with Gasteiger partial charge in [-0.15, -0.1) is 0 Å². The van der Waals surface area contributed by atoms with E-state index in [1.807, 2.05) is 11.8 Å². The van der Waals surface area contributed by atoms with Gasteiger partial charge in [-0.25, -0.2) is 0 Å². The molecule has 0 saturated heterocycles. The molecule has 0 spiro atoms. The lowest BCUT2D eigenvalue weighted by Gasteiger charge is -2.19. The van der Waals surface area contributed by atoms with Crippen LogP contribution in [0.15, 0.2) is 28.7 Å². The van der Waals surface area contributed by atoms with E-state index in [1.165, 1.54) is 29.3 Å². The van der Waals surface area contributed by atoms with Gasteiger partial charge in [0, 0.05) is 22.3 Å². The first-order valence-corrected chi connectivity index (χ1v) is 7.89. The van der Waals surface area contributed by atoms with Gasteiger partial charge in [0.2, 0.25) is 0 Å². The molecule has 0 radical (unpaired) electrons. The van der Waals surface area contributed by atoms with E-state index in [0.29, 0.717) is 6.04 Å². The minimum absolute atomic E-state index is 0.696. The van der Waals surface area contributed by atoms with Crippen LogP contribution in [0.25, 0.3) is 0 Å². The molecule has 3 heteroatoms. The predicted molar refractivity (Wildman–Crippen MR) is 75.9 cm³/mol. The molecular weight excluding hydrogens is 282 g/mol. The molecule has 16 heavy (non-hydrogen) atoms. The van der Waals surface area contributed by atoms with E-state index in [1.54, 1.807) is 0 Å². The number of hydrogen-bond donors (Lipinski definition) is 1. The van der Waals surface area contributed by atoms with Crippen molar-refractivity contribution in [1.82, 2.24) is 5.32 Å². The van der Waals surface area contributed by atoms with Crippen LogP contribution < -0.4 is 5.32 Å². The lowest BCUT2D eigenvalue weighted by atomic mass is 10.2. The highest BCUT2D eigenvalue weighted by atomic mass is 79.9. The summed E-state index contributed by atoms with van der Waals surface area (Å²) in [5, 5.41) is 4.50. The molecule has 0 aliphatic heterocycles. The zero-order valence-electron chi connectivity index (χ0n) is 9.58. The molecule has 1 aromatic rings. The van der Waals surface area contributed by atoms with Gasteiger partial charge in [0.1, 0.15) is 0 Å². The van der Waals surface area contributed by atoms with Gasteiger partial charge in [-0.05, 0) is 30.7 Å². The molecule has 2 atom stereocenters. The highest BCUT2D eigenvalue weighted by molar-refractivity contribution is 9.10. The quantitative estimate of drug-likeness (QED) is 0.907.